The van der Waals surface area contributed by atoms with Gasteiger partial charge >= 0.3 is 0 Å². The highest BCUT2D eigenvalue weighted by Gasteiger charge is 2.00. The van der Waals surface area contributed by atoms with Crippen molar-refractivity contribution in [3.05, 3.63) is 23.7 Å². The second-order valence-corrected chi connectivity index (χ2v) is 1.97. The molecule has 0 atom stereocenters. The smallest absolute Gasteiger partial charge is 0.138 e. The molecular formula is C8H8N2O. The molecule has 3 nitrogen and oxygen atoms in total. The topological polar surface area (TPSA) is 59.0 Å². The molecule has 2 N–H and O–H groups in total. The molecule has 1 aromatic rings. The second-order valence-electron chi connectivity index (χ2n) is 1.97. The minimum atomic E-state index is 0.0663. The number of rotatable bonds is 1. The maximum Gasteiger partial charge on any atom is 0.138 e. The van der Waals surface area contributed by atoms with Gasteiger partial charge in [0.05, 0.1) is 14.0 Å². The molecule has 0 fully saturated rings. The van der Waals surface area contributed by atoms with Crippen LogP contribution in [0.2, 0.25) is 0 Å². The summed E-state index contributed by atoms with van der Waals surface area (Å²) in [6.45, 7) is 0. The number of ether oxygens (including phenoxy) is 1. The van der Waals surface area contributed by atoms with Gasteiger partial charge < -0.3 is 10.5 Å². The third kappa shape index (κ3) is 1.41. The largest absolute Gasteiger partial charge is 0.495 e. The average molecular weight is 149 g/mol. The number of nitrogen functional groups attached to an aromatic ring is 1. The van der Waals surface area contributed by atoms with E-state index in [2.05, 4.69) is 0 Å². The Morgan fingerprint density at radius 3 is 3.00 bits per heavy atom. The van der Waals surface area contributed by atoms with Crippen molar-refractivity contribution in [1.82, 2.24) is 0 Å². The summed E-state index contributed by atoms with van der Waals surface area (Å²) in [7, 11) is 1.41. The van der Waals surface area contributed by atoms with Crippen molar-refractivity contribution in [3.8, 4) is 11.8 Å². The molecule has 0 amide bonds. The Kier molecular flexibility index (Phi) is 1.61. The molecule has 0 aliphatic carbocycles. The Morgan fingerprint density at radius 1 is 1.73 bits per heavy atom. The van der Waals surface area contributed by atoms with Gasteiger partial charge in [0.25, 0.3) is 0 Å². The van der Waals surface area contributed by atoms with E-state index in [-0.39, 0.29) is 11.8 Å². The number of methoxy groups -OCH3 is 1. The van der Waals surface area contributed by atoms with Gasteiger partial charge in [-0.1, -0.05) is 0 Å². The monoisotopic (exact) mass is 149 g/mol. The molecule has 0 heterocycles. The molecule has 0 saturated carbocycles. The van der Waals surface area contributed by atoms with E-state index in [4.69, 9.17) is 17.1 Å². The lowest BCUT2D eigenvalue weighted by atomic mass is 10.2. The van der Waals surface area contributed by atoms with Gasteiger partial charge in [-0.05, 0) is 12.1 Å². The highest BCUT2D eigenvalue weighted by atomic mass is 16.5. The molecule has 0 radical (unpaired) electrons. The maximum atomic E-state index is 8.61. The molecule has 11 heavy (non-hydrogen) atoms. The normalized spacial score (nSPS) is 10.0. The van der Waals surface area contributed by atoms with Crippen LogP contribution < -0.4 is 10.5 Å². The van der Waals surface area contributed by atoms with E-state index >= 15 is 0 Å². The van der Waals surface area contributed by atoms with E-state index in [0.717, 1.165) is 0 Å². The molecule has 1 aromatic carbocycles. The number of nitrogens with two attached hydrogens (primary N) is 1. The predicted octanol–water partition coefficient (Wildman–Crippen LogP) is 1.15. The van der Waals surface area contributed by atoms with E-state index in [1.807, 2.05) is 6.07 Å². The molecule has 0 aliphatic rings. The Balaban J connectivity index is 3.38. The minimum absolute atomic E-state index is 0.0663. The van der Waals surface area contributed by atoms with Crippen molar-refractivity contribution in [2.75, 3.05) is 12.8 Å². The van der Waals surface area contributed by atoms with Gasteiger partial charge in [0, 0.05) is 11.7 Å². The summed E-state index contributed by atoms with van der Waals surface area (Å²) in [4.78, 5) is 0. The first-order chi connectivity index (χ1) is 5.70. The summed E-state index contributed by atoms with van der Waals surface area (Å²) in [5, 5.41) is 8.61. The Morgan fingerprint density at radius 2 is 2.45 bits per heavy atom. The number of anilines is 1. The SMILES string of the molecule is [2H]c1c(N)ccc(C#N)c1OC. The molecule has 3 heteroatoms. The first kappa shape index (κ1) is 6.05. The number of benzene rings is 1. The summed E-state index contributed by atoms with van der Waals surface area (Å²) in [6, 6.07) is 5.03. The molecule has 1 rings (SSSR count). The van der Waals surface area contributed by atoms with Gasteiger partial charge in [0.15, 0.2) is 0 Å². The first-order valence-electron chi connectivity index (χ1n) is 3.54. The molecule has 0 unspecified atom stereocenters. The van der Waals surface area contributed by atoms with Crippen LogP contribution in [0.3, 0.4) is 0 Å². The van der Waals surface area contributed by atoms with E-state index in [1.54, 1.807) is 0 Å². The standard InChI is InChI=1S/C8H8N2O/c1-11-8-4-7(10)3-2-6(8)5-9/h2-4H,10H2,1H3/i4D. The van der Waals surface area contributed by atoms with Crippen LogP contribution in [0.25, 0.3) is 0 Å². The van der Waals surface area contributed by atoms with Crippen LogP contribution in [-0.2, 0) is 0 Å². The van der Waals surface area contributed by atoms with Crippen molar-refractivity contribution in [1.29, 1.82) is 5.26 Å². The van der Waals surface area contributed by atoms with Crippen LogP contribution >= 0.6 is 0 Å². The summed E-state index contributed by atoms with van der Waals surface area (Å²) >= 11 is 0. The molecular weight excluding hydrogens is 140 g/mol. The van der Waals surface area contributed by atoms with Gasteiger partial charge in [-0.15, -0.1) is 0 Å². The predicted molar refractivity (Wildman–Crippen MR) is 42.1 cm³/mol. The number of nitrogens with zero attached hydrogens (tertiary/aromatic N) is 1. The average Bonchev–Trinajstić information content (AvgIpc) is 2.09. The lowest BCUT2D eigenvalue weighted by Crippen LogP contribution is -1.90. The number of hydrogen-bond donors (Lipinski definition) is 1. The zero-order valence-electron chi connectivity index (χ0n) is 7.09. The van der Waals surface area contributed by atoms with Crippen LogP contribution in [-0.4, -0.2) is 7.11 Å². The van der Waals surface area contributed by atoms with Gasteiger partial charge in [0.1, 0.15) is 11.8 Å². The zero-order chi connectivity index (χ0) is 9.14. The van der Waals surface area contributed by atoms with Crippen molar-refractivity contribution >= 4 is 5.69 Å². The number of hydrogen-bond acceptors (Lipinski definition) is 3. The third-order valence-corrected chi connectivity index (χ3v) is 1.26. The van der Waals surface area contributed by atoms with Gasteiger partial charge in [-0.25, -0.2) is 0 Å². The molecule has 0 aromatic heterocycles. The van der Waals surface area contributed by atoms with E-state index in [9.17, 15) is 0 Å². The lowest BCUT2D eigenvalue weighted by molar-refractivity contribution is 0.414. The molecule has 0 aliphatic heterocycles. The number of nitriles is 1. The highest BCUT2D eigenvalue weighted by molar-refractivity contribution is 5.52. The van der Waals surface area contributed by atoms with Crippen LogP contribution in [0.1, 0.15) is 6.93 Å². The van der Waals surface area contributed by atoms with E-state index in [1.165, 1.54) is 19.2 Å². The van der Waals surface area contributed by atoms with E-state index in [0.29, 0.717) is 11.3 Å². The van der Waals surface area contributed by atoms with Gasteiger partial charge in [0.2, 0.25) is 0 Å². The Bertz CT molecular complexity index is 344. The molecule has 0 spiro atoms. The molecule has 0 saturated heterocycles. The summed E-state index contributed by atoms with van der Waals surface area (Å²) in [5.41, 5.74) is 6.08. The van der Waals surface area contributed by atoms with Crippen LogP contribution in [0, 0.1) is 11.3 Å². The summed E-state index contributed by atoms with van der Waals surface area (Å²) in [5.74, 6) is 0.234. The molecule has 56 valence electrons. The van der Waals surface area contributed by atoms with Gasteiger partial charge in [-0.2, -0.15) is 5.26 Å². The first-order valence-corrected chi connectivity index (χ1v) is 3.04. The van der Waals surface area contributed by atoms with Crippen LogP contribution in [0.4, 0.5) is 5.69 Å². The maximum absolute atomic E-state index is 8.61. The van der Waals surface area contributed by atoms with Crippen LogP contribution in [0.15, 0.2) is 18.2 Å². The quantitative estimate of drug-likeness (QED) is 0.609. The lowest BCUT2D eigenvalue weighted by Gasteiger charge is -2.01. The van der Waals surface area contributed by atoms with Crippen molar-refractivity contribution in [2.24, 2.45) is 0 Å². The summed E-state index contributed by atoms with van der Waals surface area (Å²) in [6.07, 6.45) is 0. The fourth-order valence-corrected chi connectivity index (χ4v) is 0.738. The van der Waals surface area contributed by atoms with Crippen molar-refractivity contribution in [3.63, 3.8) is 0 Å². The van der Waals surface area contributed by atoms with Crippen molar-refractivity contribution < 1.29 is 6.11 Å². The summed E-state index contributed by atoms with van der Waals surface area (Å²) < 4.78 is 12.3. The van der Waals surface area contributed by atoms with Crippen molar-refractivity contribution in [2.45, 2.75) is 0 Å². The minimum Gasteiger partial charge on any atom is -0.495 e. The van der Waals surface area contributed by atoms with E-state index < -0.39 is 0 Å². The van der Waals surface area contributed by atoms with Gasteiger partial charge in [-0.3, -0.25) is 0 Å². The zero-order valence-corrected chi connectivity index (χ0v) is 6.09. The third-order valence-electron chi connectivity index (χ3n) is 1.26. The molecule has 0 bridgehead atoms. The second kappa shape index (κ2) is 2.93. The fraction of sp³-hybridized carbons (Fsp3) is 0.125. The fourth-order valence-electron chi connectivity index (χ4n) is 0.738. The Labute approximate surface area is 66.4 Å². The van der Waals surface area contributed by atoms with Crippen LogP contribution in [0.5, 0.6) is 5.75 Å². The Hall–Kier alpha value is -1.69. The highest BCUT2D eigenvalue weighted by Crippen LogP contribution is 2.19.